The van der Waals surface area contributed by atoms with Gasteiger partial charge in [-0.05, 0) is 55.9 Å². The molecule has 4 aromatic rings. The Morgan fingerprint density at radius 3 is 2.57 bits per heavy atom. The Balaban J connectivity index is 1.52. The highest BCUT2D eigenvalue weighted by Gasteiger charge is 2.27. The van der Waals surface area contributed by atoms with E-state index in [9.17, 15) is 0 Å². The lowest BCUT2D eigenvalue weighted by Crippen LogP contribution is -2.26. The normalized spacial score (nSPS) is 19.3. The molecule has 154 valence electrons. The number of rotatable bonds is 4. The Kier molecular flexibility index (Phi) is 4.59. The zero-order valence-corrected chi connectivity index (χ0v) is 16.9. The molecule has 1 aliphatic carbocycles. The lowest BCUT2D eigenvalue weighted by Gasteiger charge is -2.28. The van der Waals surface area contributed by atoms with Gasteiger partial charge in [0.2, 0.25) is 0 Å². The van der Waals surface area contributed by atoms with E-state index >= 15 is 0 Å². The zero-order valence-electron chi connectivity index (χ0n) is 16.9. The van der Waals surface area contributed by atoms with E-state index in [0.29, 0.717) is 11.7 Å². The first-order chi connectivity index (χ1) is 14.6. The number of nitrogens with one attached hydrogen (secondary N) is 1. The van der Waals surface area contributed by atoms with Gasteiger partial charge in [0.05, 0.1) is 5.69 Å². The van der Waals surface area contributed by atoms with E-state index in [2.05, 4.69) is 25.6 Å². The first-order valence-corrected chi connectivity index (χ1v) is 10.2. The fourth-order valence-electron chi connectivity index (χ4n) is 4.31. The number of hydrogen-bond donors (Lipinski definition) is 3. The Hall–Kier alpha value is -3.46. The largest absolute Gasteiger partial charge is 0.382 e. The molecule has 3 aromatic heterocycles. The molecule has 1 saturated carbocycles. The molecule has 9 heteroatoms. The summed E-state index contributed by atoms with van der Waals surface area (Å²) in [5.74, 6) is 1.68. The molecule has 5 N–H and O–H groups in total. The average Bonchev–Trinajstić information content (AvgIpc) is 3.38. The van der Waals surface area contributed by atoms with E-state index in [1.54, 1.807) is 17.0 Å². The van der Waals surface area contributed by atoms with E-state index in [-0.39, 0.29) is 6.04 Å². The first kappa shape index (κ1) is 18.6. The molecule has 30 heavy (non-hydrogen) atoms. The summed E-state index contributed by atoms with van der Waals surface area (Å²) in [5, 5.41) is 16.2. The molecule has 5 rings (SSSR count). The molecule has 0 spiro atoms. The van der Waals surface area contributed by atoms with Crippen molar-refractivity contribution in [3.05, 3.63) is 48.5 Å². The van der Waals surface area contributed by atoms with Crippen LogP contribution in [0.1, 0.15) is 37.2 Å². The van der Waals surface area contributed by atoms with Crippen LogP contribution >= 0.6 is 0 Å². The monoisotopic (exact) mass is 403 g/mol. The number of anilines is 3. The van der Waals surface area contributed by atoms with Crippen molar-refractivity contribution in [1.29, 1.82) is 0 Å². The van der Waals surface area contributed by atoms with Crippen LogP contribution in [0.4, 0.5) is 17.2 Å². The van der Waals surface area contributed by atoms with E-state index in [0.717, 1.165) is 59.7 Å². The van der Waals surface area contributed by atoms with Crippen molar-refractivity contribution in [3.63, 3.8) is 0 Å². The van der Waals surface area contributed by atoms with Crippen LogP contribution in [-0.4, -0.2) is 35.4 Å². The van der Waals surface area contributed by atoms with Crippen LogP contribution in [0.3, 0.4) is 0 Å². The number of nitrogens with zero attached hydrogens (tertiary/aromatic N) is 6. The molecule has 0 amide bonds. The predicted molar refractivity (Wildman–Crippen MR) is 116 cm³/mol. The molecular weight excluding hydrogens is 378 g/mol. The highest BCUT2D eigenvalue weighted by molar-refractivity contribution is 5.81. The minimum absolute atomic E-state index is 0.273. The predicted octanol–water partition coefficient (Wildman–Crippen LogP) is 2.84. The summed E-state index contributed by atoms with van der Waals surface area (Å²) in [4.78, 5) is 4.53. The summed E-state index contributed by atoms with van der Waals surface area (Å²) in [6.07, 6.45) is 9.25. The van der Waals surface area contributed by atoms with Crippen molar-refractivity contribution >= 4 is 22.8 Å². The summed E-state index contributed by atoms with van der Waals surface area (Å²) in [7, 11) is 1.93. The molecule has 1 aliphatic rings. The molecule has 0 radical (unpaired) electrons. The molecule has 1 aromatic carbocycles. The number of fused-ring (bicyclic) bond motifs is 1. The molecule has 3 heterocycles. The second-order valence-electron chi connectivity index (χ2n) is 7.95. The van der Waals surface area contributed by atoms with Crippen molar-refractivity contribution in [2.45, 2.75) is 37.6 Å². The van der Waals surface area contributed by atoms with Crippen LogP contribution in [-0.2, 0) is 7.05 Å². The summed E-state index contributed by atoms with van der Waals surface area (Å²) in [6, 6.07) is 8.38. The zero-order chi connectivity index (χ0) is 20.7. The summed E-state index contributed by atoms with van der Waals surface area (Å²) in [5.41, 5.74) is 17.2. The van der Waals surface area contributed by atoms with E-state index < -0.39 is 0 Å². The maximum Gasteiger partial charge on any atom is 0.177 e. The van der Waals surface area contributed by atoms with Crippen LogP contribution in [0.2, 0.25) is 0 Å². The second-order valence-corrected chi connectivity index (χ2v) is 7.95. The van der Waals surface area contributed by atoms with Gasteiger partial charge in [-0.3, -0.25) is 0 Å². The number of imidazole rings is 1. The van der Waals surface area contributed by atoms with Gasteiger partial charge in [0.15, 0.2) is 11.5 Å². The van der Waals surface area contributed by atoms with Crippen molar-refractivity contribution in [2.24, 2.45) is 12.8 Å². The Morgan fingerprint density at radius 1 is 1.10 bits per heavy atom. The van der Waals surface area contributed by atoms with E-state index in [4.69, 9.17) is 11.5 Å². The molecular formula is C21H25N9. The van der Waals surface area contributed by atoms with E-state index in [1.165, 1.54) is 0 Å². The first-order valence-electron chi connectivity index (χ1n) is 10.2. The van der Waals surface area contributed by atoms with Gasteiger partial charge >= 0.3 is 0 Å². The number of benzene rings is 1. The SMILES string of the molecule is Cn1cnnc1-c1ccc(Nc2c(C3CCC(N)CC3)c(N)nn3ccnc23)cc1. The van der Waals surface area contributed by atoms with Gasteiger partial charge in [-0.2, -0.15) is 0 Å². The Bertz CT molecular complexity index is 1170. The second kappa shape index (κ2) is 7.42. The molecule has 0 bridgehead atoms. The maximum atomic E-state index is 6.42. The molecule has 0 saturated heterocycles. The highest BCUT2D eigenvalue weighted by atomic mass is 15.3. The number of nitrogen functional groups attached to an aromatic ring is 1. The van der Waals surface area contributed by atoms with Gasteiger partial charge in [-0.15, -0.1) is 15.3 Å². The minimum atomic E-state index is 0.273. The van der Waals surface area contributed by atoms with Crippen LogP contribution in [0.5, 0.6) is 0 Å². The molecule has 9 nitrogen and oxygen atoms in total. The quantitative estimate of drug-likeness (QED) is 0.478. The van der Waals surface area contributed by atoms with Gasteiger partial charge in [-0.1, -0.05) is 0 Å². The molecule has 1 fully saturated rings. The van der Waals surface area contributed by atoms with Crippen LogP contribution < -0.4 is 16.8 Å². The Morgan fingerprint density at radius 2 is 1.87 bits per heavy atom. The van der Waals surface area contributed by atoms with E-state index in [1.807, 2.05) is 42.1 Å². The van der Waals surface area contributed by atoms with Crippen LogP contribution in [0.25, 0.3) is 17.0 Å². The smallest absolute Gasteiger partial charge is 0.177 e. The lowest BCUT2D eigenvalue weighted by molar-refractivity contribution is 0.396. The van der Waals surface area contributed by atoms with Crippen molar-refractivity contribution < 1.29 is 0 Å². The number of aromatic nitrogens is 6. The summed E-state index contributed by atoms with van der Waals surface area (Å²) >= 11 is 0. The lowest BCUT2D eigenvalue weighted by atomic mass is 9.81. The van der Waals surface area contributed by atoms with Crippen LogP contribution in [0, 0.1) is 0 Å². The topological polar surface area (TPSA) is 125 Å². The third-order valence-corrected chi connectivity index (χ3v) is 5.91. The molecule has 0 atom stereocenters. The van der Waals surface area contributed by atoms with Gasteiger partial charge in [0.1, 0.15) is 12.1 Å². The minimum Gasteiger partial charge on any atom is -0.382 e. The average molecular weight is 403 g/mol. The third-order valence-electron chi connectivity index (χ3n) is 5.91. The molecule has 0 unspecified atom stereocenters. The van der Waals surface area contributed by atoms with Gasteiger partial charge in [0.25, 0.3) is 0 Å². The van der Waals surface area contributed by atoms with Gasteiger partial charge in [-0.25, -0.2) is 9.50 Å². The van der Waals surface area contributed by atoms with Gasteiger partial charge in [0, 0.05) is 42.3 Å². The fraction of sp³-hybridized carbons (Fsp3) is 0.333. The van der Waals surface area contributed by atoms with Crippen molar-refractivity contribution in [3.8, 4) is 11.4 Å². The highest BCUT2D eigenvalue weighted by Crippen LogP contribution is 2.41. The van der Waals surface area contributed by atoms with Crippen molar-refractivity contribution in [2.75, 3.05) is 11.1 Å². The fourth-order valence-corrected chi connectivity index (χ4v) is 4.31. The van der Waals surface area contributed by atoms with Gasteiger partial charge < -0.3 is 21.4 Å². The number of nitrogens with two attached hydrogens (primary N) is 2. The maximum absolute atomic E-state index is 6.42. The third kappa shape index (κ3) is 3.26. The number of aryl methyl sites for hydroxylation is 1. The summed E-state index contributed by atoms with van der Waals surface area (Å²) in [6.45, 7) is 0. The summed E-state index contributed by atoms with van der Waals surface area (Å²) < 4.78 is 3.62. The van der Waals surface area contributed by atoms with Crippen molar-refractivity contribution in [1.82, 2.24) is 29.4 Å². The van der Waals surface area contributed by atoms with Crippen LogP contribution in [0.15, 0.2) is 43.0 Å². The number of hydrogen-bond acceptors (Lipinski definition) is 7. The Labute approximate surface area is 174 Å². The molecule has 0 aliphatic heterocycles. The standard InChI is InChI=1S/C21H25N9/c1-29-12-25-27-20(29)14-4-8-16(9-5-14)26-18-17(13-2-6-15(22)7-3-13)19(23)28-30-11-10-24-21(18)30/h4-5,8-13,15,26H,2-3,6-7,22H2,1H3,(H2,23,28).